The van der Waals surface area contributed by atoms with Gasteiger partial charge in [-0.1, -0.05) is 25.4 Å². The van der Waals surface area contributed by atoms with Crippen molar-refractivity contribution in [2.24, 2.45) is 5.73 Å². The largest absolute Gasteiger partial charge is 0.496 e. The number of methoxy groups -OCH3 is 1. The molecule has 1 aliphatic rings. The van der Waals surface area contributed by atoms with Crippen LogP contribution in [0.4, 0.5) is 0 Å². The van der Waals surface area contributed by atoms with Gasteiger partial charge >= 0.3 is 0 Å². The maximum absolute atomic E-state index is 6.40. The highest BCUT2D eigenvalue weighted by atomic mass is 35.5. The molecule has 1 aromatic rings. The molecule has 100 valence electrons. The molecule has 1 aliphatic carbocycles. The zero-order valence-corrected chi connectivity index (χ0v) is 12.3. The van der Waals surface area contributed by atoms with Gasteiger partial charge in [-0.25, -0.2) is 0 Å². The van der Waals surface area contributed by atoms with Crippen molar-refractivity contribution in [1.29, 1.82) is 0 Å². The lowest BCUT2D eigenvalue weighted by atomic mass is 9.87. The normalized spacial score (nSPS) is 18.8. The summed E-state index contributed by atoms with van der Waals surface area (Å²) in [6.45, 7) is 6.34. The van der Waals surface area contributed by atoms with Crippen molar-refractivity contribution < 1.29 is 4.74 Å². The first-order chi connectivity index (χ1) is 8.42. The van der Waals surface area contributed by atoms with Crippen molar-refractivity contribution in [2.75, 3.05) is 7.11 Å². The summed E-state index contributed by atoms with van der Waals surface area (Å²) in [7, 11) is 1.72. The van der Waals surface area contributed by atoms with E-state index < -0.39 is 0 Å². The van der Waals surface area contributed by atoms with Crippen LogP contribution >= 0.6 is 11.6 Å². The molecule has 0 radical (unpaired) electrons. The van der Waals surface area contributed by atoms with Crippen LogP contribution in [0.2, 0.25) is 5.02 Å². The molecule has 1 aromatic carbocycles. The highest BCUT2D eigenvalue weighted by Crippen LogP contribution is 2.54. The monoisotopic (exact) mass is 267 g/mol. The summed E-state index contributed by atoms with van der Waals surface area (Å²) in [6.07, 6.45) is 2.25. The van der Waals surface area contributed by atoms with E-state index in [0.29, 0.717) is 5.92 Å². The van der Waals surface area contributed by atoms with Crippen molar-refractivity contribution in [3.05, 3.63) is 28.3 Å². The van der Waals surface area contributed by atoms with E-state index in [1.54, 1.807) is 7.11 Å². The highest BCUT2D eigenvalue weighted by Gasteiger charge is 2.49. The van der Waals surface area contributed by atoms with Crippen molar-refractivity contribution in [2.45, 2.75) is 51.0 Å². The van der Waals surface area contributed by atoms with Crippen LogP contribution < -0.4 is 10.5 Å². The Labute approximate surface area is 114 Å². The fraction of sp³-hybridized carbons (Fsp3) is 0.600. The molecule has 1 atom stereocenters. The van der Waals surface area contributed by atoms with Gasteiger partial charge in [0.2, 0.25) is 0 Å². The Bertz CT molecular complexity index is 450. The van der Waals surface area contributed by atoms with E-state index in [4.69, 9.17) is 22.1 Å². The van der Waals surface area contributed by atoms with Crippen LogP contribution in [0.1, 0.15) is 50.7 Å². The van der Waals surface area contributed by atoms with E-state index in [-0.39, 0.29) is 11.5 Å². The first kappa shape index (κ1) is 13.7. The van der Waals surface area contributed by atoms with Gasteiger partial charge in [0.25, 0.3) is 0 Å². The van der Waals surface area contributed by atoms with Crippen LogP contribution in [-0.2, 0) is 5.41 Å². The summed E-state index contributed by atoms with van der Waals surface area (Å²) >= 11 is 6.40. The second kappa shape index (κ2) is 4.75. The predicted octanol–water partition coefficient (Wildman–Crippen LogP) is 3.85. The number of hydrogen-bond donors (Lipinski definition) is 1. The second-order valence-electron chi connectivity index (χ2n) is 5.67. The van der Waals surface area contributed by atoms with Gasteiger partial charge in [0.15, 0.2) is 0 Å². The summed E-state index contributed by atoms with van der Waals surface area (Å²) in [6, 6.07) is 4.27. The second-order valence-corrected chi connectivity index (χ2v) is 6.08. The molecular formula is C15H22ClNO. The van der Waals surface area contributed by atoms with Crippen LogP contribution in [0.5, 0.6) is 5.75 Å². The topological polar surface area (TPSA) is 35.2 Å². The first-order valence-corrected chi connectivity index (χ1v) is 6.93. The molecule has 0 amide bonds. The van der Waals surface area contributed by atoms with E-state index in [0.717, 1.165) is 29.2 Å². The minimum Gasteiger partial charge on any atom is -0.496 e. The zero-order valence-electron chi connectivity index (χ0n) is 11.6. The van der Waals surface area contributed by atoms with Gasteiger partial charge in [-0.3, -0.25) is 0 Å². The average molecular weight is 268 g/mol. The van der Waals surface area contributed by atoms with Crippen molar-refractivity contribution in [3.63, 3.8) is 0 Å². The summed E-state index contributed by atoms with van der Waals surface area (Å²) in [5.41, 5.74) is 8.52. The van der Waals surface area contributed by atoms with Crippen molar-refractivity contribution >= 4 is 11.6 Å². The molecule has 0 saturated heterocycles. The molecule has 1 unspecified atom stereocenters. The number of rotatable bonds is 4. The van der Waals surface area contributed by atoms with Gasteiger partial charge in [-0.2, -0.15) is 0 Å². The molecule has 0 heterocycles. The highest BCUT2D eigenvalue weighted by molar-refractivity contribution is 6.31. The maximum atomic E-state index is 6.40. The van der Waals surface area contributed by atoms with E-state index >= 15 is 0 Å². The van der Waals surface area contributed by atoms with E-state index in [1.165, 1.54) is 5.56 Å². The SMILES string of the molecule is COc1cc(C(C)C)c(Cl)cc1C1(C(C)N)CC1. The molecule has 0 bridgehead atoms. The lowest BCUT2D eigenvalue weighted by Gasteiger charge is -2.24. The van der Waals surface area contributed by atoms with Crippen LogP contribution in [0.3, 0.4) is 0 Å². The smallest absolute Gasteiger partial charge is 0.123 e. The summed E-state index contributed by atoms with van der Waals surface area (Å²) < 4.78 is 5.55. The molecule has 1 saturated carbocycles. The minimum absolute atomic E-state index is 0.0739. The van der Waals surface area contributed by atoms with Gasteiger partial charge in [0.05, 0.1) is 7.11 Å². The molecule has 2 N–H and O–H groups in total. The third-order valence-corrected chi connectivity index (χ3v) is 4.46. The standard InChI is InChI=1S/C15H22ClNO/c1-9(2)11-7-14(18-4)12(8-13(11)16)15(5-6-15)10(3)17/h7-10H,5-6,17H2,1-4H3. The maximum Gasteiger partial charge on any atom is 0.123 e. The van der Waals surface area contributed by atoms with Gasteiger partial charge in [-0.15, -0.1) is 0 Å². The van der Waals surface area contributed by atoms with Crippen molar-refractivity contribution in [1.82, 2.24) is 0 Å². The van der Waals surface area contributed by atoms with E-state index in [9.17, 15) is 0 Å². The quantitative estimate of drug-likeness (QED) is 0.899. The number of benzene rings is 1. The Balaban J connectivity index is 2.52. The fourth-order valence-corrected chi connectivity index (χ4v) is 3.06. The van der Waals surface area contributed by atoms with Gasteiger partial charge in [0, 0.05) is 22.0 Å². The summed E-state index contributed by atoms with van der Waals surface area (Å²) in [4.78, 5) is 0. The fourth-order valence-electron chi connectivity index (χ4n) is 2.67. The Kier molecular flexibility index (Phi) is 3.61. The molecule has 0 aromatic heterocycles. The van der Waals surface area contributed by atoms with Crippen LogP contribution in [-0.4, -0.2) is 13.2 Å². The van der Waals surface area contributed by atoms with Crippen LogP contribution in [0.25, 0.3) is 0 Å². The lowest BCUT2D eigenvalue weighted by molar-refractivity contribution is 0.397. The number of halogens is 1. The van der Waals surface area contributed by atoms with Crippen LogP contribution in [0.15, 0.2) is 12.1 Å². The average Bonchev–Trinajstić information content (AvgIpc) is 3.09. The van der Waals surface area contributed by atoms with E-state index in [2.05, 4.69) is 32.9 Å². The zero-order chi connectivity index (χ0) is 13.5. The Hall–Kier alpha value is -0.730. The molecule has 0 spiro atoms. The van der Waals surface area contributed by atoms with Crippen molar-refractivity contribution in [3.8, 4) is 5.75 Å². The first-order valence-electron chi connectivity index (χ1n) is 6.56. The molecule has 0 aliphatic heterocycles. The Morgan fingerprint density at radius 3 is 2.28 bits per heavy atom. The van der Waals surface area contributed by atoms with Gasteiger partial charge < -0.3 is 10.5 Å². The van der Waals surface area contributed by atoms with Gasteiger partial charge in [0.1, 0.15) is 5.75 Å². The number of ether oxygens (including phenoxy) is 1. The number of nitrogens with two attached hydrogens (primary N) is 1. The predicted molar refractivity (Wildman–Crippen MR) is 76.7 cm³/mol. The number of hydrogen-bond acceptors (Lipinski definition) is 2. The lowest BCUT2D eigenvalue weighted by Crippen LogP contribution is -2.32. The van der Waals surface area contributed by atoms with Crippen LogP contribution in [0, 0.1) is 0 Å². The molecular weight excluding hydrogens is 246 g/mol. The minimum atomic E-state index is 0.0739. The van der Waals surface area contributed by atoms with E-state index in [1.807, 2.05) is 0 Å². The molecule has 1 fully saturated rings. The third-order valence-electron chi connectivity index (χ3n) is 4.14. The molecule has 3 heteroatoms. The summed E-state index contributed by atoms with van der Waals surface area (Å²) in [5.74, 6) is 1.32. The molecule has 2 nitrogen and oxygen atoms in total. The Morgan fingerprint density at radius 2 is 1.89 bits per heavy atom. The Morgan fingerprint density at radius 1 is 1.28 bits per heavy atom. The van der Waals surface area contributed by atoms with Gasteiger partial charge in [-0.05, 0) is 43.4 Å². The molecule has 18 heavy (non-hydrogen) atoms. The third kappa shape index (κ3) is 2.12. The molecule has 2 rings (SSSR count). The summed E-state index contributed by atoms with van der Waals surface area (Å²) in [5, 5.41) is 0.827.